The summed E-state index contributed by atoms with van der Waals surface area (Å²) in [6.07, 6.45) is 0.992. The molecule has 0 aromatic heterocycles. The largest absolute Gasteiger partial charge is 0.370 e. The minimum absolute atomic E-state index is 0.137. The Balaban J connectivity index is 2.65. The number of likely N-dealkylation sites (N-methyl/N-ethyl adjacent to an activating group) is 1. The Morgan fingerprint density at radius 2 is 2.06 bits per heavy atom. The van der Waals surface area contributed by atoms with Gasteiger partial charge in [-0.25, -0.2) is 4.39 Å². The maximum Gasteiger partial charge on any atom is 0.125 e. The minimum atomic E-state index is -0.196. The van der Waals surface area contributed by atoms with Crippen LogP contribution in [0.5, 0.6) is 0 Å². The van der Waals surface area contributed by atoms with Crippen LogP contribution in [0, 0.1) is 11.7 Å². The maximum absolute atomic E-state index is 13.2. The molecule has 1 aromatic carbocycles. The van der Waals surface area contributed by atoms with E-state index in [9.17, 15) is 4.39 Å². The Bertz CT molecular complexity index is 339. The third-order valence-electron chi connectivity index (χ3n) is 2.78. The fourth-order valence-electron chi connectivity index (χ4n) is 2.05. The van der Waals surface area contributed by atoms with Gasteiger partial charge in [0.25, 0.3) is 0 Å². The predicted molar refractivity (Wildman–Crippen MR) is 71.7 cm³/mol. The van der Waals surface area contributed by atoms with E-state index in [1.807, 2.05) is 6.07 Å². The van der Waals surface area contributed by atoms with Gasteiger partial charge >= 0.3 is 0 Å². The predicted octanol–water partition coefficient (Wildman–Crippen LogP) is 3.03. The van der Waals surface area contributed by atoms with Crippen LogP contribution in [-0.2, 0) is 0 Å². The van der Waals surface area contributed by atoms with E-state index in [1.165, 1.54) is 6.07 Å². The van der Waals surface area contributed by atoms with Crippen LogP contribution in [0.25, 0.3) is 0 Å². The van der Waals surface area contributed by atoms with Gasteiger partial charge in [0.1, 0.15) is 5.82 Å². The van der Waals surface area contributed by atoms with Crippen molar-refractivity contribution in [3.8, 4) is 0 Å². The van der Waals surface area contributed by atoms with Gasteiger partial charge < -0.3 is 10.6 Å². The second-order valence-electron chi connectivity index (χ2n) is 4.91. The van der Waals surface area contributed by atoms with Gasteiger partial charge in [-0.1, -0.05) is 19.9 Å². The highest BCUT2D eigenvalue weighted by atomic mass is 19.1. The van der Waals surface area contributed by atoms with Crippen LogP contribution in [0.3, 0.4) is 0 Å². The van der Waals surface area contributed by atoms with Crippen molar-refractivity contribution in [2.75, 3.05) is 18.0 Å². The van der Waals surface area contributed by atoms with E-state index < -0.39 is 0 Å². The lowest BCUT2D eigenvalue weighted by Gasteiger charge is -2.27. The molecule has 1 aromatic rings. The van der Waals surface area contributed by atoms with E-state index in [1.54, 1.807) is 12.1 Å². The van der Waals surface area contributed by atoms with E-state index >= 15 is 0 Å². The van der Waals surface area contributed by atoms with Crippen molar-refractivity contribution in [3.63, 3.8) is 0 Å². The second-order valence-corrected chi connectivity index (χ2v) is 4.91. The third-order valence-corrected chi connectivity index (χ3v) is 2.78. The molecular weight excluding hydrogens is 215 g/mol. The van der Waals surface area contributed by atoms with Crippen LogP contribution < -0.4 is 10.6 Å². The zero-order chi connectivity index (χ0) is 12.8. The smallest absolute Gasteiger partial charge is 0.125 e. The number of hydrogen-bond donors (Lipinski definition) is 1. The molecule has 3 heteroatoms. The Labute approximate surface area is 104 Å². The minimum Gasteiger partial charge on any atom is -0.370 e. The fraction of sp³-hybridized carbons (Fsp3) is 0.571. The van der Waals surface area contributed by atoms with Crippen molar-refractivity contribution in [1.29, 1.82) is 0 Å². The molecule has 0 saturated heterocycles. The summed E-state index contributed by atoms with van der Waals surface area (Å²) in [6.45, 7) is 8.01. The van der Waals surface area contributed by atoms with E-state index in [2.05, 4.69) is 25.7 Å². The number of nitrogens with two attached hydrogens (primary N) is 1. The van der Waals surface area contributed by atoms with E-state index in [0.717, 1.165) is 25.2 Å². The molecule has 0 aliphatic carbocycles. The molecule has 1 rings (SSSR count). The van der Waals surface area contributed by atoms with Crippen molar-refractivity contribution in [2.45, 2.75) is 33.2 Å². The summed E-state index contributed by atoms with van der Waals surface area (Å²) in [4.78, 5) is 2.12. The van der Waals surface area contributed by atoms with Crippen molar-refractivity contribution in [2.24, 2.45) is 11.7 Å². The van der Waals surface area contributed by atoms with Crippen molar-refractivity contribution in [3.05, 3.63) is 30.1 Å². The van der Waals surface area contributed by atoms with Crippen LogP contribution in [-0.4, -0.2) is 19.1 Å². The number of halogens is 1. The van der Waals surface area contributed by atoms with Gasteiger partial charge in [0, 0.05) is 24.8 Å². The zero-order valence-electron chi connectivity index (χ0n) is 11.0. The van der Waals surface area contributed by atoms with Gasteiger partial charge in [-0.05, 0) is 37.5 Å². The summed E-state index contributed by atoms with van der Waals surface area (Å²) in [5, 5.41) is 0. The summed E-state index contributed by atoms with van der Waals surface area (Å²) in [6, 6.07) is 6.82. The number of hydrogen-bond acceptors (Lipinski definition) is 2. The second kappa shape index (κ2) is 6.60. The van der Waals surface area contributed by atoms with Crippen LogP contribution in [0.1, 0.15) is 27.2 Å². The molecule has 0 saturated carbocycles. The molecule has 0 aliphatic heterocycles. The Morgan fingerprint density at radius 1 is 1.35 bits per heavy atom. The van der Waals surface area contributed by atoms with E-state index in [4.69, 9.17) is 5.73 Å². The molecule has 1 atom stereocenters. The van der Waals surface area contributed by atoms with Crippen LogP contribution in [0.2, 0.25) is 0 Å². The van der Waals surface area contributed by atoms with Crippen molar-refractivity contribution < 1.29 is 4.39 Å². The molecule has 0 bridgehead atoms. The molecule has 0 unspecified atom stereocenters. The van der Waals surface area contributed by atoms with E-state index in [-0.39, 0.29) is 11.9 Å². The first-order valence-electron chi connectivity index (χ1n) is 6.29. The normalized spacial score (nSPS) is 12.8. The first kappa shape index (κ1) is 14.0. The Kier molecular flexibility index (Phi) is 5.42. The van der Waals surface area contributed by atoms with Crippen LogP contribution in [0.4, 0.5) is 10.1 Å². The van der Waals surface area contributed by atoms with Gasteiger partial charge in [0.15, 0.2) is 0 Å². The maximum atomic E-state index is 13.2. The molecule has 0 aliphatic rings. The summed E-state index contributed by atoms with van der Waals surface area (Å²) in [7, 11) is 0. The molecular formula is C14H23FN2. The summed E-state index contributed by atoms with van der Waals surface area (Å²) >= 11 is 0. The number of nitrogens with zero attached hydrogens (tertiary/aromatic N) is 1. The molecule has 0 radical (unpaired) electrons. The highest BCUT2D eigenvalue weighted by Crippen LogP contribution is 2.16. The lowest BCUT2D eigenvalue weighted by atomic mass is 10.0. The van der Waals surface area contributed by atoms with Crippen LogP contribution >= 0.6 is 0 Å². The lowest BCUT2D eigenvalue weighted by molar-refractivity contribution is 0.490. The monoisotopic (exact) mass is 238 g/mol. The Morgan fingerprint density at radius 3 is 2.59 bits per heavy atom. The number of rotatable bonds is 6. The standard InChI is InChI=1S/C14H23FN2/c1-4-17(10-13(16)8-11(2)3)14-7-5-6-12(15)9-14/h5-7,9,11,13H,4,8,10,16H2,1-3H3/t13-/m1/s1. The molecule has 0 spiro atoms. The molecule has 17 heavy (non-hydrogen) atoms. The average Bonchev–Trinajstić information content (AvgIpc) is 2.24. The zero-order valence-corrected chi connectivity index (χ0v) is 11.0. The lowest BCUT2D eigenvalue weighted by Crippen LogP contribution is -2.38. The van der Waals surface area contributed by atoms with Crippen LogP contribution in [0.15, 0.2) is 24.3 Å². The number of benzene rings is 1. The van der Waals surface area contributed by atoms with Gasteiger partial charge in [-0.2, -0.15) is 0 Å². The highest BCUT2D eigenvalue weighted by molar-refractivity contribution is 5.46. The summed E-state index contributed by atoms with van der Waals surface area (Å²) in [5.41, 5.74) is 7.00. The third kappa shape index (κ3) is 4.73. The Hall–Kier alpha value is -1.09. The van der Waals surface area contributed by atoms with Crippen molar-refractivity contribution in [1.82, 2.24) is 0 Å². The summed E-state index contributed by atoms with van der Waals surface area (Å²) < 4.78 is 13.2. The summed E-state index contributed by atoms with van der Waals surface area (Å²) in [5.74, 6) is 0.398. The molecule has 96 valence electrons. The molecule has 0 heterocycles. The quantitative estimate of drug-likeness (QED) is 0.825. The molecule has 2 nitrogen and oxygen atoms in total. The molecule has 0 amide bonds. The topological polar surface area (TPSA) is 29.3 Å². The first-order chi connectivity index (χ1) is 8.02. The highest BCUT2D eigenvalue weighted by Gasteiger charge is 2.11. The molecule has 0 fully saturated rings. The fourth-order valence-corrected chi connectivity index (χ4v) is 2.05. The molecule has 2 N–H and O–H groups in total. The van der Waals surface area contributed by atoms with Gasteiger partial charge in [-0.15, -0.1) is 0 Å². The van der Waals surface area contributed by atoms with Crippen molar-refractivity contribution >= 4 is 5.69 Å². The number of anilines is 1. The van der Waals surface area contributed by atoms with E-state index in [0.29, 0.717) is 5.92 Å². The first-order valence-corrected chi connectivity index (χ1v) is 6.29. The van der Waals surface area contributed by atoms with Gasteiger partial charge in [-0.3, -0.25) is 0 Å². The SMILES string of the molecule is CCN(C[C@H](N)CC(C)C)c1cccc(F)c1. The van der Waals surface area contributed by atoms with Gasteiger partial charge in [0.05, 0.1) is 0 Å². The average molecular weight is 238 g/mol. The van der Waals surface area contributed by atoms with Gasteiger partial charge in [0.2, 0.25) is 0 Å².